The minimum Gasteiger partial charge on any atom is -0.533 e. The van der Waals surface area contributed by atoms with E-state index in [0.717, 1.165) is 37.4 Å². The maximum Gasteiger partial charge on any atom is 1.00 e. The average molecular weight is 585 g/mol. The van der Waals surface area contributed by atoms with E-state index in [9.17, 15) is 10.2 Å². The molecule has 0 saturated carbocycles. The smallest absolute Gasteiger partial charge is 0.533 e. The molecule has 6 N–H and O–H groups in total. The van der Waals surface area contributed by atoms with Crippen LogP contribution in [-0.2, 0) is 4.84 Å². The zero-order chi connectivity index (χ0) is 28.5. The number of hydrogen-bond donors (Lipinski definition) is 4. The summed E-state index contributed by atoms with van der Waals surface area (Å²) in [4.78, 5) is 7.21. The van der Waals surface area contributed by atoms with Crippen LogP contribution in [-0.4, -0.2) is 55.2 Å². The van der Waals surface area contributed by atoms with E-state index >= 15 is 0 Å². The molecule has 1 saturated heterocycles. The molecule has 220 valence electrons. The third kappa shape index (κ3) is 12.5. The van der Waals surface area contributed by atoms with Crippen LogP contribution in [0, 0.1) is 0 Å². The molecule has 3 rings (SSSR count). The van der Waals surface area contributed by atoms with Crippen LogP contribution in [0.1, 0.15) is 78.4 Å². The van der Waals surface area contributed by atoms with Gasteiger partial charge < -0.3 is 41.6 Å². The Morgan fingerprint density at radius 1 is 1.07 bits per heavy atom. The second-order valence-electron chi connectivity index (χ2n) is 8.34. The number of amidine groups is 1. The van der Waals surface area contributed by atoms with Crippen molar-refractivity contribution in [2.75, 3.05) is 31.3 Å². The van der Waals surface area contributed by atoms with Crippen LogP contribution in [0.15, 0.2) is 46.6 Å². The molecule has 0 amide bonds. The fourth-order valence-electron chi connectivity index (χ4n) is 3.81. The zero-order valence-corrected chi connectivity index (χ0v) is 28.9. The van der Waals surface area contributed by atoms with Crippen molar-refractivity contribution in [3.8, 4) is 17.2 Å². The topological polar surface area (TPSA) is 148 Å². The molecule has 2 aromatic rings. The summed E-state index contributed by atoms with van der Waals surface area (Å²) in [6.07, 6.45) is 2.14. The summed E-state index contributed by atoms with van der Waals surface area (Å²) in [5.74, 6) is 1.01. The molecule has 2 aromatic carbocycles. The van der Waals surface area contributed by atoms with E-state index in [2.05, 4.69) is 27.7 Å². The predicted molar refractivity (Wildman–Crippen MR) is 163 cm³/mol. The van der Waals surface area contributed by atoms with Crippen molar-refractivity contribution in [1.82, 2.24) is 11.5 Å². The predicted octanol–water partition coefficient (Wildman–Crippen LogP) is 3.72. The van der Waals surface area contributed by atoms with Crippen LogP contribution in [0.3, 0.4) is 0 Å². The maximum absolute atomic E-state index is 10.7. The first-order chi connectivity index (χ1) is 18.4. The molecule has 0 unspecified atom stereocenters. The fraction of sp³-hybridized carbons (Fsp3) is 0.517. The van der Waals surface area contributed by atoms with Crippen LogP contribution in [0.4, 0.5) is 5.69 Å². The second-order valence-corrected chi connectivity index (χ2v) is 8.34. The van der Waals surface area contributed by atoms with Crippen molar-refractivity contribution in [2.45, 2.75) is 73.3 Å². The van der Waals surface area contributed by atoms with E-state index < -0.39 is 0 Å². The van der Waals surface area contributed by atoms with Gasteiger partial charge in [0.25, 0.3) is 0 Å². The van der Waals surface area contributed by atoms with Gasteiger partial charge in [-0.2, -0.15) is 5.10 Å². The van der Waals surface area contributed by atoms with E-state index in [1.54, 1.807) is 11.0 Å². The van der Waals surface area contributed by atoms with E-state index in [1.165, 1.54) is 6.07 Å². The summed E-state index contributed by atoms with van der Waals surface area (Å²) in [5.41, 5.74) is 5.78. The van der Waals surface area contributed by atoms with Gasteiger partial charge in [-0.3, -0.25) is 0 Å². The molecule has 0 bridgehead atoms. The minimum atomic E-state index is -0.132. The Balaban J connectivity index is 0. The summed E-state index contributed by atoms with van der Waals surface area (Å²) < 4.78 is 6.12. The Labute approximate surface area is 283 Å². The molecule has 1 aliphatic heterocycles. The molecule has 11 heteroatoms. The maximum atomic E-state index is 10.7. The number of hydroxylamine groups is 1. The summed E-state index contributed by atoms with van der Waals surface area (Å²) in [5, 5.41) is 32.2. The van der Waals surface area contributed by atoms with Gasteiger partial charge in [0.1, 0.15) is 30.1 Å². The summed E-state index contributed by atoms with van der Waals surface area (Å²) in [7, 11) is 0. The molecule has 1 aliphatic rings. The Kier molecular flexibility index (Phi) is 23.4. The molecule has 0 aliphatic carbocycles. The van der Waals surface area contributed by atoms with E-state index in [0.29, 0.717) is 23.5 Å². The first-order valence-electron chi connectivity index (χ1n) is 13.6. The molecular weight excluding hydrogens is 535 g/mol. The molecule has 0 atom stereocenters. The Morgan fingerprint density at radius 2 is 1.68 bits per heavy atom. The number of anilines is 1. The molecular formula is C29H49KN6O4. The van der Waals surface area contributed by atoms with Crippen LogP contribution in [0.5, 0.6) is 17.2 Å². The van der Waals surface area contributed by atoms with Crippen molar-refractivity contribution in [2.24, 2.45) is 10.2 Å². The molecule has 0 spiro atoms. The minimum absolute atomic E-state index is 0. The quantitative estimate of drug-likeness (QED) is 0.0831. The summed E-state index contributed by atoms with van der Waals surface area (Å²) >= 11 is 0. The van der Waals surface area contributed by atoms with Gasteiger partial charge in [-0.25, -0.2) is 0 Å². The van der Waals surface area contributed by atoms with E-state index in [-0.39, 0.29) is 87.8 Å². The number of benzene rings is 2. The van der Waals surface area contributed by atoms with Gasteiger partial charge in [-0.05, 0) is 67.7 Å². The SMILES string of the molecule is C=N/N=C(/c1cc(C(C)C)c(O)cc1O)N(CO[N-]CC)c1ccc(OC2CCNCC2)cc1.CC.CC.N.[K+]. The summed E-state index contributed by atoms with van der Waals surface area (Å²) in [6.45, 7) is 19.7. The molecule has 10 nitrogen and oxygen atoms in total. The van der Waals surface area contributed by atoms with Gasteiger partial charge in [-0.15, -0.1) is 11.6 Å². The van der Waals surface area contributed by atoms with Gasteiger partial charge >= 0.3 is 51.4 Å². The van der Waals surface area contributed by atoms with Crippen molar-refractivity contribution < 1.29 is 71.2 Å². The van der Waals surface area contributed by atoms with Crippen molar-refractivity contribution >= 4 is 18.2 Å². The molecule has 1 fully saturated rings. The molecule has 40 heavy (non-hydrogen) atoms. The van der Waals surface area contributed by atoms with Crippen molar-refractivity contribution in [3.63, 3.8) is 0 Å². The number of ether oxygens (including phenoxy) is 1. The number of phenols is 2. The average Bonchev–Trinajstić information content (AvgIpc) is 2.94. The van der Waals surface area contributed by atoms with Crippen LogP contribution in [0.2, 0.25) is 0 Å². The number of aromatic hydroxyl groups is 2. The molecule has 0 aromatic heterocycles. The normalized spacial score (nSPS) is 12.9. The van der Waals surface area contributed by atoms with Gasteiger partial charge in [0.05, 0.1) is 5.56 Å². The molecule has 1 heterocycles. The Hall–Kier alpha value is -1.54. The van der Waals surface area contributed by atoms with E-state index in [1.807, 2.05) is 72.7 Å². The molecule has 0 radical (unpaired) electrons. The van der Waals surface area contributed by atoms with Gasteiger partial charge in [0.15, 0.2) is 5.84 Å². The number of rotatable bonds is 10. The second kappa shape index (κ2) is 23.1. The zero-order valence-electron chi connectivity index (χ0n) is 25.8. The van der Waals surface area contributed by atoms with E-state index in [4.69, 9.17) is 9.57 Å². The van der Waals surface area contributed by atoms with Crippen LogP contribution < -0.4 is 72.5 Å². The van der Waals surface area contributed by atoms with Crippen molar-refractivity contribution in [3.05, 3.63) is 53.0 Å². The number of piperidine rings is 1. The number of nitrogens with one attached hydrogen (secondary N) is 1. The standard InChI is InChI=1S/C25H34N5O4.2C2H6.K.H3N/c1-5-28-33-16-30(18-6-8-19(9-7-18)34-20-10-12-27-13-11-20)25(29-26-4)22-14-21(17(2)3)23(31)15-24(22)32;2*1-2;;/h6-9,14-15,17,20,27,31-32H,4-5,10-13,16H2,1-3H3;2*1-2H3;;1H3/q-1;;;+1;/b29-25-;;;;. The summed E-state index contributed by atoms with van der Waals surface area (Å²) in [6, 6.07) is 10.6. The third-order valence-corrected chi connectivity index (χ3v) is 5.57. The Bertz CT molecular complexity index is 983. The number of phenolic OH excluding ortho intramolecular Hbond substituents is 2. The van der Waals surface area contributed by atoms with Crippen LogP contribution in [0.25, 0.3) is 5.48 Å². The number of hydrogen-bond acceptors (Lipinski definition) is 8. The fourth-order valence-corrected chi connectivity index (χ4v) is 3.81. The van der Waals surface area contributed by atoms with Gasteiger partial charge in [0, 0.05) is 18.5 Å². The van der Waals surface area contributed by atoms with Crippen molar-refractivity contribution in [1.29, 1.82) is 0 Å². The third-order valence-electron chi connectivity index (χ3n) is 5.57. The number of nitrogens with zero attached hydrogens (tertiary/aromatic N) is 4. The first kappa shape index (κ1) is 40.6. The van der Waals surface area contributed by atoms with Gasteiger partial charge in [-0.1, -0.05) is 48.5 Å². The Morgan fingerprint density at radius 3 is 2.20 bits per heavy atom. The first-order valence-corrected chi connectivity index (χ1v) is 13.6. The van der Waals surface area contributed by atoms with Crippen LogP contribution >= 0.6 is 0 Å². The monoisotopic (exact) mass is 584 g/mol. The largest absolute Gasteiger partial charge is 1.00 e. The van der Waals surface area contributed by atoms with Gasteiger partial charge in [0.2, 0.25) is 0 Å².